The summed E-state index contributed by atoms with van der Waals surface area (Å²) in [5.41, 5.74) is 0.966. The van der Waals surface area contributed by atoms with Gasteiger partial charge in [-0.05, 0) is 43.6 Å². The third-order valence-electron chi connectivity index (χ3n) is 4.29. The van der Waals surface area contributed by atoms with Gasteiger partial charge in [0.25, 0.3) is 0 Å². The Balaban J connectivity index is 1.63. The lowest BCUT2D eigenvalue weighted by Gasteiger charge is -2.34. The van der Waals surface area contributed by atoms with E-state index >= 15 is 0 Å². The molecular formula is C16H20Cl2N2O2. The van der Waals surface area contributed by atoms with Gasteiger partial charge in [-0.25, -0.2) is 0 Å². The molecule has 2 fully saturated rings. The third-order valence-corrected chi connectivity index (χ3v) is 5.03. The fourth-order valence-corrected chi connectivity index (χ4v) is 3.33. The zero-order valence-corrected chi connectivity index (χ0v) is 13.9. The Morgan fingerprint density at radius 2 is 1.95 bits per heavy atom. The summed E-state index contributed by atoms with van der Waals surface area (Å²) in [7, 11) is 0. The fourth-order valence-electron chi connectivity index (χ4n) is 3.02. The van der Waals surface area contributed by atoms with Crippen LogP contribution in [-0.2, 0) is 9.53 Å². The predicted octanol–water partition coefficient (Wildman–Crippen LogP) is 2.99. The minimum absolute atomic E-state index is 0.133. The molecule has 2 aliphatic rings. The summed E-state index contributed by atoms with van der Waals surface area (Å²) in [5, 5.41) is 1.05. The fraction of sp³-hybridized carbons (Fsp3) is 0.562. The highest BCUT2D eigenvalue weighted by molar-refractivity contribution is 6.42. The van der Waals surface area contributed by atoms with E-state index in [2.05, 4.69) is 4.90 Å². The van der Waals surface area contributed by atoms with Crippen molar-refractivity contribution in [3.8, 4) is 0 Å². The van der Waals surface area contributed by atoms with Gasteiger partial charge in [0.15, 0.2) is 0 Å². The first-order valence-electron chi connectivity index (χ1n) is 7.70. The Bertz CT molecular complexity index is 547. The summed E-state index contributed by atoms with van der Waals surface area (Å²) in [4.78, 5) is 16.6. The van der Waals surface area contributed by atoms with Gasteiger partial charge >= 0.3 is 0 Å². The monoisotopic (exact) mass is 342 g/mol. The maximum Gasteiger partial charge on any atom is 0.236 e. The molecule has 0 spiro atoms. The van der Waals surface area contributed by atoms with Gasteiger partial charge in [0.1, 0.15) is 6.10 Å². The van der Waals surface area contributed by atoms with Crippen LogP contribution in [0.15, 0.2) is 18.2 Å². The maximum atomic E-state index is 12.4. The number of rotatable bonds is 3. The van der Waals surface area contributed by atoms with Crippen LogP contribution in [-0.4, -0.2) is 55.0 Å². The molecule has 0 aliphatic carbocycles. The highest BCUT2D eigenvalue weighted by Crippen LogP contribution is 2.29. The Morgan fingerprint density at radius 3 is 2.68 bits per heavy atom. The first-order valence-corrected chi connectivity index (χ1v) is 8.46. The molecule has 1 aromatic carbocycles. The molecule has 1 aromatic rings. The smallest absolute Gasteiger partial charge is 0.236 e. The molecule has 1 amide bonds. The number of carbonyl (C=O) groups is 1. The number of halogens is 2. The lowest BCUT2D eigenvalue weighted by Crippen LogP contribution is -2.46. The third kappa shape index (κ3) is 3.74. The quantitative estimate of drug-likeness (QED) is 0.846. The van der Waals surface area contributed by atoms with Gasteiger partial charge in [0.2, 0.25) is 5.91 Å². The molecule has 2 aliphatic heterocycles. The molecule has 2 heterocycles. The van der Waals surface area contributed by atoms with Crippen LogP contribution in [0.25, 0.3) is 0 Å². The summed E-state index contributed by atoms with van der Waals surface area (Å²) in [6, 6.07) is 5.50. The maximum absolute atomic E-state index is 12.4. The molecule has 0 saturated carbocycles. The highest BCUT2D eigenvalue weighted by Gasteiger charge is 2.27. The molecule has 4 nitrogen and oxygen atoms in total. The number of amides is 1. The first-order chi connectivity index (χ1) is 10.6. The Labute approximate surface area is 140 Å². The summed E-state index contributed by atoms with van der Waals surface area (Å²) in [5.74, 6) is 0.190. The van der Waals surface area contributed by atoms with Crippen molar-refractivity contribution in [3.05, 3.63) is 33.8 Å². The topological polar surface area (TPSA) is 32.8 Å². The van der Waals surface area contributed by atoms with Gasteiger partial charge in [-0.1, -0.05) is 29.3 Å². The number of likely N-dealkylation sites (tertiary alicyclic amines) is 1. The van der Waals surface area contributed by atoms with Crippen molar-refractivity contribution in [1.29, 1.82) is 0 Å². The molecule has 3 rings (SSSR count). The minimum Gasteiger partial charge on any atom is -0.370 e. The molecule has 0 radical (unpaired) electrons. The number of nitrogens with zero attached hydrogens (tertiary/aromatic N) is 2. The van der Waals surface area contributed by atoms with Crippen LogP contribution in [0.2, 0.25) is 10.0 Å². The molecule has 120 valence electrons. The number of carbonyl (C=O) groups excluding carboxylic acids is 1. The summed E-state index contributed by atoms with van der Waals surface area (Å²) in [6.45, 7) is 4.37. The van der Waals surface area contributed by atoms with Crippen LogP contribution in [0, 0.1) is 0 Å². The van der Waals surface area contributed by atoms with Crippen molar-refractivity contribution < 1.29 is 9.53 Å². The number of hydrogen-bond donors (Lipinski definition) is 0. The average Bonchev–Trinajstić information content (AvgIpc) is 3.03. The predicted molar refractivity (Wildman–Crippen MR) is 87.4 cm³/mol. The second kappa shape index (κ2) is 7.18. The second-order valence-electron chi connectivity index (χ2n) is 5.86. The summed E-state index contributed by atoms with van der Waals surface area (Å²) in [6.07, 6.45) is 2.26. The van der Waals surface area contributed by atoms with Gasteiger partial charge in [-0.2, -0.15) is 0 Å². The van der Waals surface area contributed by atoms with Crippen LogP contribution >= 0.6 is 23.2 Å². The van der Waals surface area contributed by atoms with E-state index in [-0.39, 0.29) is 12.0 Å². The van der Waals surface area contributed by atoms with E-state index in [4.69, 9.17) is 27.9 Å². The van der Waals surface area contributed by atoms with E-state index < -0.39 is 0 Å². The molecule has 0 aromatic heterocycles. The van der Waals surface area contributed by atoms with E-state index in [0.29, 0.717) is 36.3 Å². The molecule has 22 heavy (non-hydrogen) atoms. The lowest BCUT2D eigenvalue weighted by atomic mass is 10.1. The first kappa shape index (κ1) is 16.1. The van der Waals surface area contributed by atoms with Crippen molar-refractivity contribution in [2.75, 3.05) is 39.3 Å². The van der Waals surface area contributed by atoms with E-state index in [1.54, 1.807) is 6.07 Å². The van der Waals surface area contributed by atoms with Gasteiger partial charge in [-0.15, -0.1) is 0 Å². The van der Waals surface area contributed by atoms with Gasteiger partial charge in [0, 0.05) is 6.54 Å². The summed E-state index contributed by atoms with van der Waals surface area (Å²) < 4.78 is 5.80. The van der Waals surface area contributed by atoms with Gasteiger partial charge in [-0.3, -0.25) is 9.69 Å². The Morgan fingerprint density at radius 1 is 1.18 bits per heavy atom. The van der Waals surface area contributed by atoms with Crippen LogP contribution in [0.1, 0.15) is 24.5 Å². The zero-order chi connectivity index (χ0) is 15.5. The normalized spacial score (nSPS) is 23.0. The number of benzene rings is 1. The molecule has 2 saturated heterocycles. The average molecular weight is 343 g/mol. The number of ether oxygens (including phenoxy) is 1. The molecule has 0 N–H and O–H groups in total. The van der Waals surface area contributed by atoms with Crippen molar-refractivity contribution in [2.45, 2.75) is 18.9 Å². The molecule has 1 unspecified atom stereocenters. The van der Waals surface area contributed by atoms with Crippen molar-refractivity contribution in [1.82, 2.24) is 9.80 Å². The summed E-state index contributed by atoms with van der Waals surface area (Å²) >= 11 is 12.0. The van der Waals surface area contributed by atoms with Crippen molar-refractivity contribution in [3.63, 3.8) is 0 Å². The molecular weight excluding hydrogens is 323 g/mol. The van der Waals surface area contributed by atoms with Crippen LogP contribution in [0.5, 0.6) is 0 Å². The van der Waals surface area contributed by atoms with E-state index in [9.17, 15) is 4.79 Å². The second-order valence-corrected chi connectivity index (χ2v) is 6.67. The number of hydrogen-bond acceptors (Lipinski definition) is 3. The highest BCUT2D eigenvalue weighted by atomic mass is 35.5. The van der Waals surface area contributed by atoms with Crippen molar-refractivity contribution >= 4 is 29.1 Å². The Kier molecular flexibility index (Phi) is 5.24. The lowest BCUT2D eigenvalue weighted by molar-refractivity contribution is -0.140. The van der Waals surface area contributed by atoms with E-state index in [1.165, 1.54) is 12.8 Å². The molecule has 6 heteroatoms. The minimum atomic E-state index is -0.133. The van der Waals surface area contributed by atoms with Crippen LogP contribution in [0.4, 0.5) is 0 Å². The molecule has 0 bridgehead atoms. The van der Waals surface area contributed by atoms with E-state index in [0.717, 1.165) is 18.7 Å². The molecule has 1 atom stereocenters. The standard InChI is InChI=1S/C16H20Cl2N2O2/c17-13-4-3-12(9-14(13)18)15-10-20(7-8-22-15)16(21)11-19-5-1-2-6-19/h3-4,9,15H,1-2,5-8,10-11H2. The number of morpholine rings is 1. The SMILES string of the molecule is O=C(CN1CCCC1)N1CCOC(c2ccc(Cl)c(Cl)c2)C1. The van der Waals surface area contributed by atoms with Gasteiger partial charge < -0.3 is 9.64 Å². The van der Waals surface area contributed by atoms with Crippen LogP contribution < -0.4 is 0 Å². The van der Waals surface area contributed by atoms with Crippen LogP contribution in [0.3, 0.4) is 0 Å². The largest absolute Gasteiger partial charge is 0.370 e. The van der Waals surface area contributed by atoms with Crippen molar-refractivity contribution in [2.24, 2.45) is 0 Å². The van der Waals surface area contributed by atoms with Gasteiger partial charge in [0.05, 0.1) is 29.7 Å². The Hall–Kier alpha value is -0.810. The zero-order valence-electron chi connectivity index (χ0n) is 12.4. The van der Waals surface area contributed by atoms with E-state index in [1.807, 2.05) is 17.0 Å².